The molecule has 0 spiro atoms. The van der Waals surface area contributed by atoms with E-state index in [1.165, 1.54) is 36.7 Å². The molecular formula is C38H41N2O8P+2. The fourth-order valence-corrected chi connectivity index (χ4v) is 10.6. The number of hydrogen-bond acceptors (Lipinski definition) is 8. The van der Waals surface area contributed by atoms with Crippen LogP contribution in [0.25, 0.3) is 0 Å². The van der Waals surface area contributed by atoms with Crippen LogP contribution in [-0.2, 0) is 33.3 Å². The number of hydrogen-bond donors (Lipinski definition) is 1. The van der Waals surface area contributed by atoms with Crippen LogP contribution in [-0.4, -0.2) is 61.4 Å². The molecule has 2 heterocycles. The molecule has 1 aromatic heterocycles. The first-order valence-corrected chi connectivity index (χ1v) is 18.1. The molecule has 3 aromatic carbocycles. The van der Waals surface area contributed by atoms with Crippen LogP contribution in [0.1, 0.15) is 43.8 Å². The van der Waals surface area contributed by atoms with Gasteiger partial charge in [-0.2, -0.15) is 4.57 Å². The maximum absolute atomic E-state index is 13.5. The Labute approximate surface area is 286 Å². The first-order valence-electron chi connectivity index (χ1n) is 16.2. The first kappa shape index (κ1) is 35.4. The second-order valence-electron chi connectivity index (χ2n) is 11.7. The quantitative estimate of drug-likeness (QED) is 0.0749. The van der Waals surface area contributed by atoms with Crippen molar-refractivity contribution >= 4 is 47.0 Å². The van der Waals surface area contributed by atoms with Crippen LogP contribution in [0.3, 0.4) is 0 Å². The van der Waals surface area contributed by atoms with E-state index in [-0.39, 0.29) is 12.5 Å². The Morgan fingerprint density at radius 1 is 0.714 bits per heavy atom. The molecule has 0 aliphatic carbocycles. The van der Waals surface area contributed by atoms with E-state index in [1.807, 2.05) is 18.2 Å². The van der Waals surface area contributed by atoms with E-state index in [1.54, 1.807) is 29.1 Å². The highest BCUT2D eigenvalue weighted by Gasteiger charge is 2.54. The summed E-state index contributed by atoms with van der Waals surface area (Å²) in [6.07, 6.45) is 0.855. The molecule has 49 heavy (non-hydrogen) atoms. The lowest BCUT2D eigenvalue weighted by Gasteiger charge is -2.27. The Morgan fingerprint density at radius 2 is 1.24 bits per heavy atom. The van der Waals surface area contributed by atoms with Crippen molar-refractivity contribution in [1.82, 2.24) is 5.32 Å². The molecule has 1 aliphatic heterocycles. The Hall–Kier alpha value is -4.92. The van der Waals surface area contributed by atoms with Crippen LogP contribution in [0.15, 0.2) is 116 Å². The van der Waals surface area contributed by atoms with Crippen LogP contribution >= 0.6 is 7.26 Å². The Balaban J connectivity index is 1.34. The monoisotopic (exact) mass is 684 g/mol. The molecule has 4 aromatic rings. The molecule has 0 radical (unpaired) electrons. The van der Waals surface area contributed by atoms with Gasteiger partial charge in [-0.1, -0.05) is 54.6 Å². The summed E-state index contributed by atoms with van der Waals surface area (Å²) in [6.45, 7) is 3.93. The van der Waals surface area contributed by atoms with E-state index in [9.17, 15) is 19.2 Å². The topological polar surface area (TPSA) is 121 Å². The number of amides is 1. The highest BCUT2D eigenvalue weighted by molar-refractivity contribution is 7.95. The largest absolute Gasteiger partial charge is 0.463 e. The van der Waals surface area contributed by atoms with Crippen molar-refractivity contribution in [1.29, 1.82) is 0 Å². The Kier molecular flexibility index (Phi) is 11.9. The second-order valence-corrected chi connectivity index (χ2v) is 15.3. The third-order valence-electron chi connectivity index (χ3n) is 8.27. The molecule has 1 amide bonds. The number of nitrogens with one attached hydrogen (secondary N) is 1. The maximum Gasteiger partial charge on any atom is 0.304 e. The van der Waals surface area contributed by atoms with Gasteiger partial charge in [-0.3, -0.25) is 19.2 Å². The van der Waals surface area contributed by atoms with Crippen LogP contribution in [0, 0.1) is 0 Å². The smallest absolute Gasteiger partial charge is 0.304 e. The third kappa shape index (κ3) is 8.57. The van der Waals surface area contributed by atoms with Gasteiger partial charge in [0.1, 0.15) is 41.5 Å². The molecule has 254 valence electrons. The average Bonchev–Trinajstić information content (AvgIpc) is 3.43. The zero-order valence-corrected chi connectivity index (χ0v) is 28.7. The van der Waals surface area contributed by atoms with Crippen molar-refractivity contribution in [2.75, 3.05) is 19.3 Å². The summed E-state index contributed by atoms with van der Waals surface area (Å²) in [5.74, 6) is -2.05. The van der Waals surface area contributed by atoms with Crippen LogP contribution < -0.4 is 25.8 Å². The number of carbonyl (C=O) groups excluding carboxylic acids is 4. The molecular weight excluding hydrogens is 643 g/mol. The van der Waals surface area contributed by atoms with Gasteiger partial charge in [0.2, 0.25) is 6.10 Å². The van der Waals surface area contributed by atoms with Gasteiger partial charge in [0.15, 0.2) is 18.5 Å². The van der Waals surface area contributed by atoms with Crippen molar-refractivity contribution in [3.05, 3.63) is 121 Å². The van der Waals surface area contributed by atoms with E-state index in [0.717, 1.165) is 12.6 Å². The SMILES string of the molecule is CC(=O)OC[C@H]1O[C@@H]([n+]2cccc(C(=O)NCCC[P+](c3ccccc3)(c3ccccc3)c3ccccc3)c2)[C@H](OC(C)=O)[C@@H]1OC(C)=O. The summed E-state index contributed by atoms with van der Waals surface area (Å²) in [5, 5.41) is 6.91. The number of benzene rings is 3. The molecule has 0 unspecified atom stereocenters. The number of ether oxygens (including phenoxy) is 4. The van der Waals surface area contributed by atoms with Gasteiger partial charge in [0.05, 0.1) is 6.16 Å². The fraction of sp³-hybridized carbons (Fsp3) is 0.289. The van der Waals surface area contributed by atoms with E-state index in [4.69, 9.17) is 18.9 Å². The van der Waals surface area contributed by atoms with Crippen LogP contribution in [0.4, 0.5) is 0 Å². The van der Waals surface area contributed by atoms with E-state index in [0.29, 0.717) is 12.1 Å². The van der Waals surface area contributed by atoms with E-state index < -0.39 is 49.7 Å². The number of nitrogens with zero attached hydrogens (tertiary/aromatic N) is 1. The van der Waals surface area contributed by atoms with Crippen molar-refractivity contribution in [2.24, 2.45) is 0 Å². The van der Waals surface area contributed by atoms with Gasteiger partial charge < -0.3 is 24.3 Å². The predicted molar refractivity (Wildman–Crippen MR) is 185 cm³/mol. The minimum absolute atomic E-state index is 0.221. The maximum atomic E-state index is 13.5. The van der Waals surface area contributed by atoms with Crippen molar-refractivity contribution in [3.63, 3.8) is 0 Å². The number of rotatable bonds is 13. The lowest BCUT2D eigenvalue weighted by Crippen LogP contribution is -2.49. The molecule has 1 aliphatic rings. The average molecular weight is 685 g/mol. The van der Waals surface area contributed by atoms with Gasteiger partial charge in [-0.15, -0.1) is 0 Å². The van der Waals surface area contributed by atoms with Gasteiger partial charge in [-0.25, -0.2) is 0 Å². The number of esters is 3. The zero-order valence-electron chi connectivity index (χ0n) is 27.8. The highest BCUT2D eigenvalue weighted by Crippen LogP contribution is 2.55. The summed E-state index contributed by atoms with van der Waals surface area (Å²) < 4.78 is 23.9. The predicted octanol–water partition coefficient (Wildman–Crippen LogP) is 3.41. The van der Waals surface area contributed by atoms with Gasteiger partial charge in [0.25, 0.3) is 5.91 Å². The fourth-order valence-electron chi connectivity index (χ4n) is 6.22. The van der Waals surface area contributed by atoms with Crippen molar-refractivity contribution in [3.8, 4) is 0 Å². The number of aromatic nitrogens is 1. The number of carbonyl (C=O) groups is 4. The van der Waals surface area contributed by atoms with Crippen LogP contribution in [0.5, 0.6) is 0 Å². The second kappa shape index (κ2) is 16.5. The third-order valence-corrected chi connectivity index (χ3v) is 12.8. The standard InChI is InChI=1S/C38H40N2O8P/c1-27(41)45-26-34-35(46-28(2)42)36(47-29(3)43)38(48-34)40-23-13-15-30(25-40)37(44)39-22-14-24-49(31-16-7-4-8-17-31,32-18-9-5-10-19-32)33-20-11-6-12-21-33/h4-13,15-21,23,25,34-36,38H,14,22,24,26H2,1-3H3/q+1/p+1/t34-,35-,36-,38-/m1/s1. The molecule has 5 rings (SSSR count). The molecule has 1 N–H and O–H groups in total. The van der Waals surface area contributed by atoms with Crippen molar-refractivity contribution in [2.45, 2.75) is 51.7 Å². The molecule has 1 saturated heterocycles. The lowest BCUT2D eigenvalue weighted by atomic mass is 10.1. The summed E-state index contributed by atoms with van der Waals surface area (Å²) in [6, 6.07) is 35.1. The molecule has 1 fully saturated rings. The molecule has 0 bridgehead atoms. The van der Waals surface area contributed by atoms with Gasteiger partial charge in [0, 0.05) is 33.4 Å². The van der Waals surface area contributed by atoms with E-state index in [2.05, 4.69) is 78.1 Å². The molecule has 4 atom stereocenters. The summed E-state index contributed by atoms with van der Waals surface area (Å²) >= 11 is 0. The first-order chi connectivity index (χ1) is 23.7. The van der Waals surface area contributed by atoms with Gasteiger partial charge >= 0.3 is 24.1 Å². The highest BCUT2D eigenvalue weighted by atomic mass is 31.2. The molecule has 10 nitrogen and oxygen atoms in total. The zero-order chi connectivity index (χ0) is 34.8. The minimum atomic E-state index is -2.04. The van der Waals surface area contributed by atoms with Crippen LogP contribution in [0.2, 0.25) is 0 Å². The van der Waals surface area contributed by atoms with Gasteiger partial charge in [-0.05, 0) is 48.9 Å². The summed E-state index contributed by atoms with van der Waals surface area (Å²) in [4.78, 5) is 49.0. The minimum Gasteiger partial charge on any atom is -0.463 e. The Bertz CT molecular complexity index is 1640. The Morgan fingerprint density at radius 3 is 1.76 bits per heavy atom. The lowest BCUT2D eigenvalue weighted by molar-refractivity contribution is -0.765. The summed E-state index contributed by atoms with van der Waals surface area (Å²) in [5.41, 5.74) is 0.357. The molecule has 11 heteroatoms. The number of pyridine rings is 1. The molecule has 0 saturated carbocycles. The van der Waals surface area contributed by atoms with E-state index >= 15 is 0 Å². The summed E-state index contributed by atoms with van der Waals surface area (Å²) in [7, 11) is -2.04. The normalized spacial score (nSPS) is 18.7. The van der Waals surface area contributed by atoms with Crippen molar-refractivity contribution < 1.29 is 42.7 Å².